The van der Waals surface area contributed by atoms with Gasteiger partial charge in [-0.2, -0.15) is 0 Å². The van der Waals surface area contributed by atoms with Crippen LogP contribution in [0.2, 0.25) is 0 Å². The maximum Gasteiger partial charge on any atom is 0.0578 e. The van der Waals surface area contributed by atoms with Crippen LogP contribution in [0.15, 0.2) is 0 Å². The van der Waals surface area contributed by atoms with Crippen LogP contribution in [0.5, 0.6) is 0 Å². The van der Waals surface area contributed by atoms with E-state index in [4.69, 9.17) is 4.74 Å². The molecule has 0 spiro atoms. The number of hydrogen-bond donors (Lipinski definition) is 0. The van der Waals surface area contributed by atoms with Gasteiger partial charge in [0.1, 0.15) is 0 Å². The first-order valence-electron chi connectivity index (χ1n) is 10.4. The molecule has 0 bridgehead atoms. The smallest absolute Gasteiger partial charge is 0.0578 e. The molecule has 128 valence electrons. The van der Waals surface area contributed by atoms with Crippen molar-refractivity contribution in [1.82, 2.24) is 0 Å². The van der Waals surface area contributed by atoms with Gasteiger partial charge >= 0.3 is 0 Å². The molecule has 3 aliphatic rings. The van der Waals surface area contributed by atoms with Gasteiger partial charge in [-0.05, 0) is 81.0 Å². The van der Waals surface area contributed by atoms with E-state index < -0.39 is 0 Å². The number of unbranched alkanes of at least 4 members (excludes halogenated alkanes) is 2. The molecule has 6 unspecified atom stereocenters. The topological polar surface area (TPSA) is 9.23 Å². The van der Waals surface area contributed by atoms with Crippen molar-refractivity contribution in [1.29, 1.82) is 0 Å². The summed E-state index contributed by atoms with van der Waals surface area (Å²) in [6.45, 7) is 5.69. The molecule has 0 aromatic carbocycles. The Morgan fingerprint density at radius 1 is 0.773 bits per heavy atom. The van der Waals surface area contributed by atoms with Crippen molar-refractivity contribution < 1.29 is 4.74 Å². The number of hydrogen-bond acceptors (Lipinski definition) is 1. The molecule has 3 rings (SSSR count). The number of fused-ring (bicyclic) bond motifs is 3. The monoisotopic (exact) mass is 306 g/mol. The maximum atomic E-state index is 6.20. The van der Waals surface area contributed by atoms with E-state index in [-0.39, 0.29) is 0 Å². The van der Waals surface area contributed by atoms with Crippen LogP contribution in [0, 0.1) is 29.6 Å². The van der Waals surface area contributed by atoms with Crippen LogP contribution in [-0.4, -0.2) is 12.7 Å². The summed E-state index contributed by atoms with van der Waals surface area (Å²) in [7, 11) is 0. The van der Waals surface area contributed by atoms with E-state index in [0.29, 0.717) is 6.10 Å². The van der Waals surface area contributed by atoms with Gasteiger partial charge in [0.2, 0.25) is 0 Å². The fourth-order valence-electron chi connectivity index (χ4n) is 5.97. The molecule has 1 nitrogen and oxygen atoms in total. The van der Waals surface area contributed by atoms with Gasteiger partial charge in [0.25, 0.3) is 0 Å². The Morgan fingerprint density at radius 2 is 1.50 bits per heavy atom. The summed E-state index contributed by atoms with van der Waals surface area (Å²) in [5.74, 6) is 5.29. The zero-order valence-corrected chi connectivity index (χ0v) is 15.1. The van der Waals surface area contributed by atoms with E-state index in [1.165, 1.54) is 64.2 Å². The Hall–Kier alpha value is -0.0400. The Morgan fingerprint density at radius 3 is 2.23 bits per heavy atom. The fraction of sp³-hybridized carbons (Fsp3) is 1.00. The maximum absolute atomic E-state index is 6.20. The largest absolute Gasteiger partial charge is 0.378 e. The van der Waals surface area contributed by atoms with Crippen LogP contribution in [0.3, 0.4) is 0 Å². The van der Waals surface area contributed by atoms with E-state index in [0.717, 1.165) is 36.2 Å². The van der Waals surface area contributed by atoms with Gasteiger partial charge < -0.3 is 4.74 Å². The Labute approximate surface area is 138 Å². The highest BCUT2D eigenvalue weighted by Crippen LogP contribution is 2.53. The van der Waals surface area contributed by atoms with Crippen molar-refractivity contribution in [2.75, 3.05) is 6.61 Å². The second-order valence-electron chi connectivity index (χ2n) is 8.53. The van der Waals surface area contributed by atoms with E-state index in [1.807, 2.05) is 0 Å². The second-order valence-corrected chi connectivity index (χ2v) is 8.53. The summed E-state index contributed by atoms with van der Waals surface area (Å²) in [6, 6.07) is 0. The van der Waals surface area contributed by atoms with Gasteiger partial charge in [0, 0.05) is 6.61 Å². The highest BCUT2D eigenvalue weighted by atomic mass is 16.5. The molecule has 0 amide bonds. The van der Waals surface area contributed by atoms with Crippen LogP contribution < -0.4 is 0 Å². The molecule has 1 heteroatoms. The first kappa shape index (κ1) is 16.8. The van der Waals surface area contributed by atoms with Crippen molar-refractivity contribution >= 4 is 0 Å². The molecule has 0 aromatic rings. The minimum atomic E-state index is 0.599. The van der Waals surface area contributed by atoms with Crippen molar-refractivity contribution in [3.05, 3.63) is 0 Å². The number of rotatable bonds is 6. The SMILES string of the molecule is CCCCCOC1CCC2C(CCC3CC(CC)CCC32)C1. The van der Waals surface area contributed by atoms with Gasteiger partial charge in [0.05, 0.1) is 6.10 Å². The minimum Gasteiger partial charge on any atom is -0.378 e. The zero-order chi connectivity index (χ0) is 15.4. The predicted molar refractivity (Wildman–Crippen MR) is 93.9 cm³/mol. The van der Waals surface area contributed by atoms with Crippen LogP contribution in [-0.2, 0) is 4.74 Å². The Kier molecular flexibility index (Phi) is 6.24. The van der Waals surface area contributed by atoms with Gasteiger partial charge in [-0.25, -0.2) is 0 Å². The normalized spacial score (nSPS) is 41.7. The second kappa shape index (κ2) is 8.18. The average molecular weight is 307 g/mol. The molecule has 6 atom stereocenters. The molecule has 3 aliphatic carbocycles. The lowest BCUT2D eigenvalue weighted by Gasteiger charge is -2.50. The van der Waals surface area contributed by atoms with Crippen LogP contribution in [0.4, 0.5) is 0 Å². The van der Waals surface area contributed by atoms with E-state index in [2.05, 4.69) is 13.8 Å². The Bertz CT molecular complexity index is 326. The van der Waals surface area contributed by atoms with E-state index in [1.54, 1.807) is 12.8 Å². The summed E-state index contributed by atoms with van der Waals surface area (Å²) >= 11 is 0. The quantitative estimate of drug-likeness (QED) is 0.530. The van der Waals surface area contributed by atoms with E-state index in [9.17, 15) is 0 Å². The molecular weight excluding hydrogens is 268 g/mol. The lowest BCUT2D eigenvalue weighted by Crippen LogP contribution is -2.42. The molecule has 22 heavy (non-hydrogen) atoms. The molecule has 3 fully saturated rings. The third-order valence-corrected chi connectivity index (χ3v) is 7.28. The predicted octanol–water partition coefficient (Wildman–Crippen LogP) is 6.21. The highest BCUT2D eigenvalue weighted by Gasteiger charge is 2.44. The van der Waals surface area contributed by atoms with Gasteiger partial charge in [-0.1, -0.05) is 39.5 Å². The molecule has 0 aliphatic heterocycles. The summed E-state index contributed by atoms with van der Waals surface area (Å²) in [5, 5.41) is 0. The Balaban J connectivity index is 1.47. The molecule has 0 aromatic heterocycles. The van der Waals surface area contributed by atoms with Gasteiger partial charge in [0.15, 0.2) is 0 Å². The van der Waals surface area contributed by atoms with Gasteiger partial charge in [-0.15, -0.1) is 0 Å². The number of ether oxygens (including phenoxy) is 1. The molecule has 0 saturated heterocycles. The van der Waals surface area contributed by atoms with Crippen molar-refractivity contribution in [2.45, 2.75) is 97.0 Å². The first-order valence-corrected chi connectivity index (χ1v) is 10.4. The van der Waals surface area contributed by atoms with Crippen molar-refractivity contribution in [3.63, 3.8) is 0 Å². The van der Waals surface area contributed by atoms with E-state index >= 15 is 0 Å². The van der Waals surface area contributed by atoms with Crippen LogP contribution in [0.1, 0.15) is 90.9 Å². The summed E-state index contributed by atoms with van der Waals surface area (Å²) < 4.78 is 6.20. The molecule has 0 N–H and O–H groups in total. The molecular formula is C21H38O. The summed E-state index contributed by atoms with van der Waals surface area (Å²) in [5.41, 5.74) is 0. The minimum absolute atomic E-state index is 0.599. The van der Waals surface area contributed by atoms with Gasteiger partial charge in [-0.3, -0.25) is 0 Å². The summed E-state index contributed by atoms with van der Waals surface area (Å²) in [4.78, 5) is 0. The lowest BCUT2D eigenvalue weighted by atomic mass is 9.56. The summed E-state index contributed by atoms with van der Waals surface area (Å²) in [6.07, 6.45) is 17.8. The average Bonchev–Trinajstić information content (AvgIpc) is 2.57. The van der Waals surface area contributed by atoms with Crippen LogP contribution in [0.25, 0.3) is 0 Å². The van der Waals surface area contributed by atoms with Crippen LogP contribution >= 0.6 is 0 Å². The van der Waals surface area contributed by atoms with Crippen molar-refractivity contribution in [3.8, 4) is 0 Å². The molecule has 0 radical (unpaired) electrons. The van der Waals surface area contributed by atoms with Crippen molar-refractivity contribution in [2.24, 2.45) is 29.6 Å². The lowest BCUT2D eigenvalue weighted by molar-refractivity contribution is -0.0536. The molecule has 3 saturated carbocycles. The third-order valence-electron chi connectivity index (χ3n) is 7.28. The highest BCUT2D eigenvalue weighted by molar-refractivity contribution is 4.94. The third kappa shape index (κ3) is 3.89. The standard InChI is InChI=1S/C21H38O/c1-3-5-6-13-22-19-10-12-21-18(15-19)9-8-17-14-16(4-2)7-11-20(17)21/h16-21H,3-15H2,1-2H3. The molecule has 0 heterocycles. The first-order chi connectivity index (χ1) is 10.8. The fourth-order valence-corrected chi connectivity index (χ4v) is 5.97. The zero-order valence-electron chi connectivity index (χ0n) is 15.1.